The number of esters is 1. The lowest BCUT2D eigenvalue weighted by atomic mass is 10.3. The van der Waals surface area contributed by atoms with Gasteiger partial charge in [-0.2, -0.15) is 0 Å². The maximum absolute atomic E-state index is 10.6. The molecule has 5 heteroatoms. The minimum absolute atomic E-state index is 0.192. The summed E-state index contributed by atoms with van der Waals surface area (Å²) >= 11 is 0. The van der Waals surface area contributed by atoms with E-state index in [1.165, 1.54) is 6.92 Å². The van der Waals surface area contributed by atoms with Crippen molar-refractivity contribution < 1.29 is 24.5 Å². The average molecular weight is 230 g/mol. The van der Waals surface area contributed by atoms with Crippen LogP contribution >= 0.6 is 0 Å². The minimum atomic E-state index is -1.00. The van der Waals surface area contributed by atoms with E-state index in [0.717, 1.165) is 6.29 Å². The summed E-state index contributed by atoms with van der Waals surface area (Å²) in [5.74, 6) is -0.558. The molecule has 0 bridgehead atoms. The summed E-state index contributed by atoms with van der Waals surface area (Å²) in [5, 5.41) is 17.1. The summed E-state index contributed by atoms with van der Waals surface area (Å²) < 4.78 is 4.51. The molecule has 0 aromatic heterocycles. The fourth-order valence-corrected chi connectivity index (χ4v) is 0.348. The Hall–Kier alpha value is -1.46. The van der Waals surface area contributed by atoms with E-state index in [2.05, 4.69) is 17.9 Å². The molecule has 0 aliphatic carbocycles. The second kappa shape index (κ2) is 10.1. The Morgan fingerprint density at radius 2 is 1.88 bits per heavy atom. The summed E-state index contributed by atoms with van der Waals surface area (Å²) in [6.45, 7) is 9.21. The third kappa shape index (κ3) is 12.5. The average Bonchev–Trinajstić information content (AvgIpc) is 2.25. The van der Waals surface area contributed by atoms with Crippen molar-refractivity contribution in [3.8, 4) is 0 Å². The Morgan fingerprint density at radius 1 is 1.44 bits per heavy atom. The number of ether oxygens (including phenoxy) is 1. The van der Waals surface area contributed by atoms with Crippen LogP contribution in [0.3, 0.4) is 0 Å². The topological polar surface area (TPSA) is 83.8 Å². The molecule has 0 aromatic carbocycles. The van der Waals surface area contributed by atoms with Crippen LogP contribution in [0, 0.1) is 0 Å². The van der Waals surface area contributed by atoms with Crippen molar-refractivity contribution in [1.29, 1.82) is 0 Å². The number of hydrogen-bond donors (Lipinski definition) is 2. The molecule has 0 aliphatic heterocycles. The smallest absolute Gasteiger partial charge is 0.333 e. The highest BCUT2D eigenvalue weighted by Gasteiger charge is 2.07. The standard InChI is InChI=1S/C7H12O4.C4H6O/c1-5(2)7(10)11-4-6(9)3-8;1-4(2)3-5/h6,8-9H,1,3-4H2,2H3;3H,1H2,2H3. The molecule has 0 spiro atoms. The van der Waals surface area contributed by atoms with Gasteiger partial charge in [-0.05, 0) is 19.4 Å². The number of aliphatic hydroxyl groups excluding tert-OH is 2. The summed E-state index contributed by atoms with van der Waals surface area (Å²) in [6, 6.07) is 0. The Kier molecular flexibility index (Phi) is 10.7. The molecule has 0 fully saturated rings. The maximum Gasteiger partial charge on any atom is 0.333 e. The maximum atomic E-state index is 10.6. The van der Waals surface area contributed by atoms with Crippen LogP contribution < -0.4 is 0 Å². The number of hydrogen-bond acceptors (Lipinski definition) is 5. The first-order chi connectivity index (χ1) is 7.34. The fraction of sp³-hybridized carbons (Fsp3) is 0.455. The predicted octanol–water partition coefficient (Wildman–Crippen LogP) is 0.220. The Balaban J connectivity index is 0. The molecule has 0 rings (SSSR count). The van der Waals surface area contributed by atoms with E-state index < -0.39 is 18.7 Å². The first-order valence-electron chi connectivity index (χ1n) is 4.57. The summed E-state index contributed by atoms with van der Waals surface area (Å²) in [6.07, 6.45) is -0.279. The lowest BCUT2D eigenvalue weighted by molar-refractivity contribution is -0.142. The van der Waals surface area contributed by atoms with Crippen LogP contribution in [0.5, 0.6) is 0 Å². The van der Waals surface area contributed by atoms with Crippen molar-refractivity contribution in [3.05, 3.63) is 24.3 Å². The highest BCUT2D eigenvalue weighted by atomic mass is 16.5. The zero-order valence-corrected chi connectivity index (χ0v) is 9.60. The lowest BCUT2D eigenvalue weighted by Gasteiger charge is -2.07. The van der Waals surface area contributed by atoms with Gasteiger partial charge in [-0.15, -0.1) is 0 Å². The van der Waals surface area contributed by atoms with Gasteiger partial charge >= 0.3 is 5.97 Å². The minimum Gasteiger partial charge on any atom is -0.460 e. The number of rotatable bonds is 5. The molecule has 0 saturated carbocycles. The van der Waals surface area contributed by atoms with Crippen LogP contribution in [0.4, 0.5) is 0 Å². The third-order valence-corrected chi connectivity index (χ3v) is 1.17. The van der Waals surface area contributed by atoms with Gasteiger partial charge in [0.05, 0.1) is 6.61 Å². The molecule has 5 nitrogen and oxygen atoms in total. The second-order valence-electron chi connectivity index (χ2n) is 3.18. The van der Waals surface area contributed by atoms with E-state index >= 15 is 0 Å². The van der Waals surface area contributed by atoms with Crippen molar-refractivity contribution in [2.45, 2.75) is 20.0 Å². The molecule has 1 atom stereocenters. The quantitative estimate of drug-likeness (QED) is 0.401. The van der Waals surface area contributed by atoms with Crippen molar-refractivity contribution in [2.24, 2.45) is 0 Å². The Labute approximate surface area is 95.0 Å². The van der Waals surface area contributed by atoms with Crippen LogP contribution in [-0.2, 0) is 14.3 Å². The molecule has 2 N–H and O–H groups in total. The van der Waals surface area contributed by atoms with E-state index in [4.69, 9.17) is 10.2 Å². The second-order valence-corrected chi connectivity index (χ2v) is 3.18. The van der Waals surface area contributed by atoms with Crippen LogP contribution in [0.2, 0.25) is 0 Å². The monoisotopic (exact) mass is 230 g/mol. The highest BCUT2D eigenvalue weighted by Crippen LogP contribution is 1.93. The van der Waals surface area contributed by atoms with Crippen molar-refractivity contribution in [2.75, 3.05) is 13.2 Å². The van der Waals surface area contributed by atoms with E-state index in [9.17, 15) is 9.59 Å². The number of aliphatic hydroxyl groups is 2. The van der Waals surface area contributed by atoms with Gasteiger partial charge in [0.15, 0.2) is 0 Å². The third-order valence-electron chi connectivity index (χ3n) is 1.17. The van der Waals surface area contributed by atoms with Crippen LogP contribution in [0.25, 0.3) is 0 Å². The zero-order valence-electron chi connectivity index (χ0n) is 9.60. The number of carbonyl (C=O) groups excluding carboxylic acids is 2. The SMILES string of the molecule is C=C(C)C(=O)OCC(O)CO.C=C(C)C=O. The van der Waals surface area contributed by atoms with Crippen LogP contribution in [0.1, 0.15) is 13.8 Å². The molecule has 0 saturated heterocycles. The first-order valence-corrected chi connectivity index (χ1v) is 4.57. The van der Waals surface area contributed by atoms with Gasteiger partial charge in [-0.25, -0.2) is 4.79 Å². The predicted molar refractivity (Wildman–Crippen MR) is 59.7 cm³/mol. The van der Waals surface area contributed by atoms with Gasteiger partial charge in [-0.3, -0.25) is 4.79 Å². The van der Waals surface area contributed by atoms with Crippen molar-refractivity contribution in [1.82, 2.24) is 0 Å². The van der Waals surface area contributed by atoms with Gasteiger partial charge in [0.1, 0.15) is 19.0 Å². The fourth-order valence-electron chi connectivity index (χ4n) is 0.348. The largest absolute Gasteiger partial charge is 0.460 e. The first kappa shape index (κ1) is 17.0. The number of aldehydes is 1. The van der Waals surface area contributed by atoms with E-state index in [0.29, 0.717) is 5.57 Å². The van der Waals surface area contributed by atoms with E-state index in [1.807, 2.05) is 0 Å². The molecule has 1 unspecified atom stereocenters. The molecule has 0 heterocycles. The zero-order chi connectivity index (χ0) is 13.1. The molecular weight excluding hydrogens is 212 g/mol. The molecular formula is C11H18O5. The molecule has 0 amide bonds. The van der Waals surface area contributed by atoms with Gasteiger partial charge < -0.3 is 14.9 Å². The number of carbonyl (C=O) groups is 2. The lowest BCUT2D eigenvalue weighted by Crippen LogP contribution is -2.22. The van der Waals surface area contributed by atoms with E-state index in [1.54, 1.807) is 6.92 Å². The molecule has 92 valence electrons. The molecule has 0 aromatic rings. The number of allylic oxidation sites excluding steroid dienone is 1. The van der Waals surface area contributed by atoms with Gasteiger partial charge in [0, 0.05) is 5.57 Å². The highest BCUT2D eigenvalue weighted by molar-refractivity contribution is 5.86. The van der Waals surface area contributed by atoms with Crippen molar-refractivity contribution in [3.63, 3.8) is 0 Å². The van der Waals surface area contributed by atoms with Gasteiger partial charge in [0.25, 0.3) is 0 Å². The normalized spacial score (nSPS) is 10.5. The van der Waals surface area contributed by atoms with Gasteiger partial charge in [-0.1, -0.05) is 13.2 Å². The van der Waals surface area contributed by atoms with Gasteiger partial charge in [0.2, 0.25) is 0 Å². The Morgan fingerprint density at radius 3 is 2.12 bits per heavy atom. The van der Waals surface area contributed by atoms with Crippen LogP contribution in [0.15, 0.2) is 24.3 Å². The molecule has 0 radical (unpaired) electrons. The molecule has 16 heavy (non-hydrogen) atoms. The summed E-state index contributed by atoms with van der Waals surface area (Å²) in [5.41, 5.74) is 0.847. The van der Waals surface area contributed by atoms with Crippen molar-refractivity contribution >= 4 is 12.3 Å². The van der Waals surface area contributed by atoms with Crippen LogP contribution in [-0.4, -0.2) is 41.8 Å². The summed E-state index contributed by atoms with van der Waals surface area (Å²) in [4.78, 5) is 20.1. The van der Waals surface area contributed by atoms with E-state index in [-0.39, 0.29) is 12.2 Å². The molecule has 0 aliphatic rings. The Bertz CT molecular complexity index is 257. The summed E-state index contributed by atoms with van der Waals surface area (Å²) in [7, 11) is 0.